The Balaban J connectivity index is 2.57. The first-order valence-corrected chi connectivity index (χ1v) is 7.44. The van der Waals surface area contributed by atoms with Gasteiger partial charge in [-0.05, 0) is 49.1 Å². The van der Waals surface area contributed by atoms with E-state index in [9.17, 15) is 8.42 Å². The number of hydrogen-bond acceptors (Lipinski definition) is 4. The van der Waals surface area contributed by atoms with E-state index in [1.54, 1.807) is 6.20 Å². The molecule has 0 atom stereocenters. The fourth-order valence-corrected chi connectivity index (χ4v) is 2.80. The SMILES string of the molecule is CN(C)CCCNS(=O)(=O)c1cncc(Br)c1. The van der Waals surface area contributed by atoms with E-state index in [4.69, 9.17) is 0 Å². The largest absolute Gasteiger partial charge is 0.309 e. The van der Waals surface area contributed by atoms with Crippen LogP contribution in [0, 0.1) is 0 Å². The zero-order valence-corrected chi connectivity index (χ0v) is 12.3. The van der Waals surface area contributed by atoms with Crippen molar-refractivity contribution in [3.8, 4) is 0 Å². The normalized spacial score (nSPS) is 12.0. The van der Waals surface area contributed by atoms with E-state index in [1.807, 2.05) is 19.0 Å². The summed E-state index contributed by atoms with van der Waals surface area (Å²) in [5.41, 5.74) is 0. The minimum atomic E-state index is -3.44. The molecule has 0 spiro atoms. The average Bonchev–Trinajstić information content (AvgIpc) is 2.24. The quantitative estimate of drug-likeness (QED) is 0.796. The van der Waals surface area contributed by atoms with Crippen molar-refractivity contribution in [2.24, 2.45) is 0 Å². The predicted molar refractivity (Wildman–Crippen MR) is 70.3 cm³/mol. The molecule has 0 unspecified atom stereocenters. The van der Waals surface area contributed by atoms with Crippen molar-refractivity contribution in [2.75, 3.05) is 27.2 Å². The fourth-order valence-electron chi connectivity index (χ4n) is 1.22. The van der Waals surface area contributed by atoms with Crippen molar-refractivity contribution in [1.29, 1.82) is 0 Å². The summed E-state index contributed by atoms with van der Waals surface area (Å²) < 4.78 is 26.9. The summed E-state index contributed by atoms with van der Waals surface area (Å²) in [4.78, 5) is 6.02. The Morgan fingerprint density at radius 1 is 1.41 bits per heavy atom. The molecule has 1 aromatic heterocycles. The second-order valence-corrected chi connectivity index (χ2v) is 6.58. The Hall–Kier alpha value is -0.500. The maximum absolute atomic E-state index is 11.8. The molecule has 1 N–H and O–H groups in total. The van der Waals surface area contributed by atoms with E-state index in [-0.39, 0.29) is 4.90 Å². The van der Waals surface area contributed by atoms with Gasteiger partial charge in [0.2, 0.25) is 10.0 Å². The van der Waals surface area contributed by atoms with Gasteiger partial charge in [-0.2, -0.15) is 0 Å². The highest BCUT2D eigenvalue weighted by Crippen LogP contribution is 2.13. The molecule has 1 heterocycles. The first-order chi connectivity index (χ1) is 7.92. The summed E-state index contributed by atoms with van der Waals surface area (Å²) in [6.07, 6.45) is 3.65. The van der Waals surface area contributed by atoms with Crippen LogP contribution in [0.5, 0.6) is 0 Å². The van der Waals surface area contributed by atoms with E-state index < -0.39 is 10.0 Å². The van der Waals surface area contributed by atoms with Gasteiger partial charge < -0.3 is 4.90 Å². The van der Waals surface area contributed by atoms with Gasteiger partial charge in [-0.1, -0.05) is 0 Å². The molecule has 17 heavy (non-hydrogen) atoms. The fraction of sp³-hybridized carbons (Fsp3) is 0.500. The van der Waals surface area contributed by atoms with Crippen LogP contribution < -0.4 is 4.72 Å². The molecular weight excluding hydrogens is 306 g/mol. The molecule has 0 bridgehead atoms. The Bertz CT molecular complexity index is 462. The summed E-state index contributed by atoms with van der Waals surface area (Å²) in [6, 6.07) is 1.53. The molecule has 0 saturated carbocycles. The molecule has 0 aliphatic rings. The third-order valence-corrected chi connectivity index (χ3v) is 3.93. The number of rotatable bonds is 6. The predicted octanol–water partition coefficient (Wildman–Crippen LogP) is 1.07. The third kappa shape index (κ3) is 5.12. The molecule has 1 aromatic rings. The summed E-state index contributed by atoms with van der Waals surface area (Å²) in [6.45, 7) is 1.27. The van der Waals surface area contributed by atoms with E-state index in [2.05, 4.69) is 25.6 Å². The van der Waals surface area contributed by atoms with Gasteiger partial charge in [-0.15, -0.1) is 0 Å². The van der Waals surface area contributed by atoms with E-state index in [0.29, 0.717) is 11.0 Å². The van der Waals surface area contributed by atoms with Crippen molar-refractivity contribution in [1.82, 2.24) is 14.6 Å². The van der Waals surface area contributed by atoms with Crippen molar-refractivity contribution in [3.63, 3.8) is 0 Å². The molecule has 0 radical (unpaired) electrons. The van der Waals surface area contributed by atoms with Crippen molar-refractivity contribution in [3.05, 3.63) is 22.9 Å². The lowest BCUT2D eigenvalue weighted by Gasteiger charge is -2.10. The summed E-state index contributed by atoms with van der Waals surface area (Å²) in [5.74, 6) is 0. The summed E-state index contributed by atoms with van der Waals surface area (Å²) in [5, 5.41) is 0. The smallest absolute Gasteiger partial charge is 0.242 e. The molecule has 5 nitrogen and oxygen atoms in total. The average molecular weight is 322 g/mol. The number of sulfonamides is 1. The van der Waals surface area contributed by atoms with Gasteiger partial charge in [0.15, 0.2) is 0 Å². The highest BCUT2D eigenvalue weighted by atomic mass is 79.9. The molecular formula is C10H16BrN3O2S. The molecule has 7 heteroatoms. The Morgan fingerprint density at radius 3 is 2.71 bits per heavy atom. The maximum Gasteiger partial charge on any atom is 0.242 e. The third-order valence-electron chi connectivity index (χ3n) is 2.06. The van der Waals surface area contributed by atoms with Crippen LogP contribution in [0.15, 0.2) is 27.8 Å². The maximum atomic E-state index is 11.8. The lowest BCUT2D eigenvalue weighted by atomic mass is 10.4. The van der Waals surface area contributed by atoms with Gasteiger partial charge in [0.1, 0.15) is 4.90 Å². The second-order valence-electron chi connectivity index (χ2n) is 3.89. The lowest BCUT2D eigenvalue weighted by molar-refractivity contribution is 0.400. The highest BCUT2D eigenvalue weighted by Gasteiger charge is 2.13. The Kier molecular flexibility index (Phi) is 5.51. The van der Waals surface area contributed by atoms with E-state index in [0.717, 1.165) is 13.0 Å². The second kappa shape index (κ2) is 6.44. The molecule has 0 fully saturated rings. The molecule has 1 rings (SSSR count). The summed E-state index contributed by atoms with van der Waals surface area (Å²) in [7, 11) is 0.460. The van der Waals surface area contributed by atoms with Crippen LogP contribution in [0.25, 0.3) is 0 Å². The number of nitrogens with zero attached hydrogens (tertiary/aromatic N) is 2. The van der Waals surface area contributed by atoms with Crippen LogP contribution >= 0.6 is 15.9 Å². The van der Waals surface area contributed by atoms with Gasteiger partial charge in [-0.3, -0.25) is 4.98 Å². The lowest BCUT2D eigenvalue weighted by Crippen LogP contribution is -2.27. The van der Waals surface area contributed by atoms with Crippen LogP contribution in [0.4, 0.5) is 0 Å². The van der Waals surface area contributed by atoms with Crippen LogP contribution in [0.1, 0.15) is 6.42 Å². The number of pyridine rings is 1. The molecule has 0 saturated heterocycles. The zero-order valence-electron chi connectivity index (χ0n) is 9.85. The van der Waals surface area contributed by atoms with Crippen molar-refractivity contribution < 1.29 is 8.42 Å². The number of halogens is 1. The first kappa shape index (κ1) is 14.6. The minimum absolute atomic E-state index is 0.178. The van der Waals surface area contributed by atoms with E-state index in [1.165, 1.54) is 12.3 Å². The van der Waals surface area contributed by atoms with Gasteiger partial charge >= 0.3 is 0 Å². The van der Waals surface area contributed by atoms with Crippen LogP contribution in [0.3, 0.4) is 0 Å². The zero-order chi connectivity index (χ0) is 12.9. The first-order valence-electron chi connectivity index (χ1n) is 5.17. The molecule has 0 aliphatic heterocycles. The van der Waals surface area contributed by atoms with Crippen LogP contribution in [0.2, 0.25) is 0 Å². The van der Waals surface area contributed by atoms with Gasteiger partial charge in [0, 0.05) is 23.4 Å². The minimum Gasteiger partial charge on any atom is -0.309 e. The Labute approximate surface area is 110 Å². The molecule has 0 aliphatic carbocycles. The van der Waals surface area contributed by atoms with Crippen LogP contribution in [-0.4, -0.2) is 45.5 Å². The van der Waals surface area contributed by atoms with Gasteiger partial charge in [0.05, 0.1) is 0 Å². The van der Waals surface area contributed by atoms with Gasteiger partial charge in [-0.25, -0.2) is 13.1 Å². The molecule has 96 valence electrons. The topological polar surface area (TPSA) is 62.3 Å². The number of aromatic nitrogens is 1. The molecule has 0 amide bonds. The van der Waals surface area contributed by atoms with Crippen LogP contribution in [-0.2, 0) is 10.0 Å². The number of hydrogen-bond donors (Lipinski definition) is 1. The standard InChI is InChI=1S/C10H16BrN3O2S/c1-14(2)5-3-4-13-17(15,16)10-6-9(11)7-12-8-10/h6-8,13H,3-5H2,1-2H3. The highest BCUT2D eigenvalue weighted by molar-refractivity contribution is 9.10. The van der Waals surface area contributed by atoms with Crippen molar-refractivity contribution >= 4 is 26.0 Å². The van der Waals surface area contributed by atoms with Crippen molar-refractivity contribution in [2.45, 2.75) is 11.3 Å². The Morgan fingerprint density at radius 2 is 2.12 bits per heavy atom. The summed E-state index contributed by atoms with van der Waals surface area (Å²) >= 11 is 3.19. The molecule has 0 aromatic carbocycles. The number of nitrogens with one attached hydrogen (secondary N) is 1. The van der Waals surface area contributed by atoms with Gasteiger partial charge in [0.25, 0.3) is 0 Å². The monoisotopic (exact) mass is 321 g/mol. The van der Waals surface area contributed by atoms with E-state index >= 15 is 0 Å².